The van der Waals surface area contributed by atoms with E-state index in [1.807, 2.05) is 0 Å². The maximum Gasteiger partial charge on any atom is 0.451 e. The Kier molecular flexibility index (Phi) is 6.56. The predicted molar refractivity (Wildman–Crippen MR) is 89.8 cm³/mol. The normalized spacial score (nSPS) is 14.9. The summed E-state index contributed by atoms with van der Waals surface area (Å²) in [6.07, 6.45) is -5.11. The highest BCUT2D eigenvalue weighted by Gasteiger charge is 2.39. The molecule has 1 amide bonds. The molecule has 160 valence electrons. The van der Waals surface area contributed by atoms with Crippen LogP contribution in [0.4, 0.5) is 26.3 Å². The third-order valence-electron chi connectivity index (χ3n) is 4.37. The van der Waals surface area contributed by atoms with Gasteiger partial charge in [0.2, 0.25) is 11.7 Å². The molecule has 1 aliphatic heterocycles. The Morgan fingerprint density at radius 1 is 1.10 bits per heavy atom. The van der Waals surface area contributed by atoms with Crippen molar-refractivity contribution < 1.29 is 31.1 Å². The zero-order chi connectivity index (χ0) is 20.6. The molecule has 0 spiro atoms. The maximum absolute atomic E-state index is 13.7. The number of nitrogens with zero attached hydrogens (tertiary/aromatic N) is 4. The number of halogens is 6. The summed E-state index contributed by atoms with van der Waals surface area (Å²) in [6.45, 7) is -0.302. The molecular formula is C17H19F6N5O. The maximum atomic E-state index is 13.7. The van der Waals surface area contributed by atoms with Gasteiger partial charge in [0.1, 0.15) is 5.82 Å². The van der Waals surface area contributed by atoms with Gasteiger partial charge in [0, 0.05) is 31.6 Å². The Morgan fingerprint density at radius 3 is 2.41 bits per heavy atom. The first kappa shape index (κ1) is 22.7. The number of carbonyl (C=O) groups excluding carboxylic acids is 1. The van der Waals surface area contributed by atoms with E-state index in [1.165, 1.54) is 4.90 Å². The van der Waals surface area contributed by atoms with Crippen LogP contribution in [0, 0.1) is 17.5 Å². The number of rotatable bonds is 4. The standard InChI is InChI=1S/C16H15F6N5O.CH4/c17-10-6-12(19)11(18)4-8(10)3-9(23)5-14(28)26-1-2-27-13(7-26)24-25-15(27)16(20,21)22;/h4,6,9H,1-3,5,7,23H2;1H4/t9-;/m1./s1. The van der Waals surface area contributed by atoms with Gasteiger partial charge in [-0.2, -0.15) is 13.2 Å². The fourth-order valence-electron chi connectivity index (χ4n) is 3.01. The molecule has 1 aromatic carbocycles. The zero-order valence-electron chi connectivity index (χ0n) is 14.3. The molecule has 12 heteroatoms. The number of alkyl halides is 3. The van der Waals surface area contributed by atoms with Gasteiger partial charge >= 0.3 is 6.18 Å². The van der Waals surface area contributed by atoms with E-state index in [0.29, 0.717) is 12.1 Å². The molecule has 1 aliphatic rings. The molecular weight excluding hydrogens is 404 g/mol. The molecule has 2 N–H and O–H groups in total. The first-order valence-electron chi connectivity index (χ1n) is 8.22. The second kappa shape index (κ2) is 8.39. The van der Waals surface area contributed by atoms with E-state index in [1.54, 1.807) is 0 Å². The summed E-state index contributed by atoms with van der Waals surface area (Å²) in [5.74, 6) is -5.15. The zero-order valence-corrected chi connectivity index (χ0v) is 14.3. The van der Waals surface area contributed by atoms with Gasteiger partial charge in [-0.3, -0.25) is 4.79 Å². The van der Waals surface area contributed by atoms with Crippen molar-refractivity contribution in [2.45, 2.75) is 45.6 Å². The van der Waals surface area contributed by atoms with Gasteiger partial charge in [-0.15, -0.1) is 10.2 Å². The van der Waals surface area contributed by atoms with E-state index in [-0.39, 0.29) is 51.3 Å². The number of aromatic nitrogens is 3. The van der Waals surface area contributed by atoms with Crippen LogP contribution in [-0.4, -0.2) is 38.2 Å². The van der Waals surface area contributed by atoms with Crippen LogP contribution in [0.15, 0.2) is 12.1 Å². The highest BCUT2D eigenvalue weighted by Crippen LogP contribution is 2.29. The summed E-state index contributed by atoms with van der Waals surface area (Å²) in [6, 6.07) is 0.184. The molecule has 29 heavy (non-hydrogen) atoms. The minimum atomic E-state index is -4.64. The minimum absolute atomic E-state index is 0. The number of carbonyl (C=O) groups is 1. The largest absolute Gasteiger partial charge is 0.451 e. The topological polar surface area (TPSA) is 77.0 Å². The second-order valence-corrected chi connectivity index (χ2v) is 6.43. The van der Waals surface area contributed by atoms with E-state index in [0.717, 1.165) is 4.57 Å². The van der Waals surface area contributed by atoms with Crippen molar-refractivity contribution in [3.05, 3.63) is 46.8 Å². The van der Waals surface area contributed by atoms with Crippen LogP contribution in [0.3, 0.4) is 0 Å². The van der Waals surface area contributed by atoms with Crippen LogP contribution in [0.2, 0.25) is 0 Å². The summed E-state index contributed by atoms with van der Waals surface area (Å²) >= 11 is 0. The number of benzene rings is 1. The van der Waals surface area contributed by atoms with Gasteiger partial charge < -0.3 is 15.2 Å². The molecule has 0 saturated carbocycles. The van der Waals surface area contributed by atoms with Crippen molar-refractivity contribution in [3.63, 3.8) is 0 Å². The van der Waals surface area contributed by atoms with Crippen LogP contribution < -0.4 is 5.73 Å². The average Bonchev–Trinajstić information content (AvgIpc) is 3.03. The SMILES string of the molecule is C.N[C@@H](CC(=O)N1CCn2c(nnc2C(F)(F)F)C1)Cc1cc(F)c(F)cc1F. The fourth-order valence-corrected chi connectivity index (χ4v) is 3.01. The van der Waals surface area contributed by atoms with Crippen LogP contribution in [0.25, 0.3) is 0 Å². The molecule has 0 radical (unpaired) electrons. The van der Waals surface area contributed by atoms with E-state index in [4.69, 9.17) is 5.73 Å². The van der Waals surface area contributed by atoms with Crippen LogP contribution >= 0.6 is 0 Å². The van der Waals surface area contributed by atoms with Crippen LogP contribution in [-0.2, 0) is 30.5 Å². The van der Waals surface area contributed by atoms with Gasteiger partial charge in [-0.05, 0) is 18.1 Å². The lowest BCUT2D eigenvalue weighted by Crippen LogP contribution is -2.42. The molecule has 0 saturated heterocycles. The number of hydrogen-bond donors (Lipinski definition) is 1. The van der Waals surface area contributed by atoms with E-state index >= 15 is 0 Å². The molecule has 3 rings (SSSR count). The number of fused-ring (bicyclic) bond motifs is 1. The Hall–Kier alpha value is -2.63. The van der Waals surface area contributed by atoms with Gasteiger partial charge in [0.25, 0.3) is 0 Å². The van der Waals surface area contributed by atoms with Crippen molar-refractivity contribution in [3.8, 4) is 0 Å². The summed E-state index contributed by atoms with van der Waals surface area (Å²) in [7, 11) is 0. The van der Waals surface area contributed by atoms with E-state index in [9.17, 15) is 31.1 Å². The molecule has 2 heterocycles. The monoisotopic (exact) mass is 423 g/mol. The molecule has 1 aromatic heterocycles. The van der Waals surface area contributed by atoms with Crippen molar-refractivity contribution in [1.29, 1.82) is 0 Å². The third kappa shape index (κ3) is 4.86. The Balaban J connectivity index is 0.00000300. The lowest BCUT2D eigenvalue weighted by molar-refractivity contribution is -0.148. The molecule has 1 atom stereocenters. The van der Waals surface area contributed by atoms with Gasteiger partial charge in [-0.25, -0.2) is 13.2 Å². The number of nitrogens with two attached hydrogens (primary N) is 1. The van der Waals surface area contributed by atoms with Crippen molar-refractivity contribution >= 4 is 5.91 Å². The first-order valence-corrected chi connectivity index (χ1v) is 8.22. The Labute approximate surface area is 162 Å². The highest BCUT2D eigenvalue weighted by molar-refractivity contribution is 5.76. The van der Waals surface area contributed by atoms with E-state index < -0.39 is 41.4 Å². The first-order chi connectivity index (χ1) is 13.1. The van der Waals surface area contributed by atoms with Gasteiger partial charge in [0.05, 0.1) is 6.54 Å². The molecule has 0 unspecified atom stereocenters. The molecule has 6 nitrogen and oxygen atoms in total. The molecule has 0 fully saturated rings. The number of amides is 1. The second-order valence-electron chi connectivity index (χ2n) is 6.43. The van der Waals surface area contributed by atoms with Gasteiger partial charge in [-0.1, -0.05) is 7.43 Å². The Morgan fingerprint density at radius 2 is 1.76 bits per heavy atom. The fraction of sp³-hybridized carbons (Fsp3) is 0.471. The third-order valence-corrected chi connectivity index (χ3v) is 4.37. The minimum Gasteiger partial charge on any atom is -0.333 e. The van der Waals surface area contributed by atoms with Crippen LogP contribution in [0.5, 0.6) is 0 Å². The summed E-state index contributed by atoms with van der Waals surface area (Å²) in [5, 5.41) is 6.60. The highest BCUT2D eigenvalue weighted by atomic mass is 19.4. The van der Waals surface area contributed by atoms with Crippen LogP contribution in [0.1, 0.15) is 31.1 Å². The van der Waals surface area contributed by atoms with E-state index in [2.05, 4.69) is 10.2 Å². The summed E-state index contributed by atoms with van der Waals surface area (Å²) < 4.78 is 79.3. The average molecular weight is 423 g/mol. The Bertz CT molecular complexity index is 897. The van der Waals surface area contributed by atoms with Crippen molar-refractivity contribution in [2.75, 3.05) is 6.54 Å². The lowest BCUT2D eigenvalue weighted by Gasteiger charge is -2.29. The number of hydrogen-bond acceptors (Lipinski definition) is 4. The lowest BCUT2D eigenvalue weighted by atomic mass is 10.0. The summed E-state index contributed by atoms with van der Waals surface area (Å²) in [5.41, 5.74) is 5.64. The quantitative estimate of drug-likeness (QED) is 0.606. The smallest absolute Gasteiger partial charge is 0.333 e. The van der Waals surface area contributed by atoms with Crippen molar-refractivity contribution in [2.24, 2.45) is 5.73 Å². The summed E-state index contributed by atoms with van der Waals surface area (Å²) in [4.78, 5) is 13.6. The molecule has 2 aromatic rings. The predicted octanol–water partition coefficient (Wildman–Crippen LogP) is 2.65. The molecule has 0 aliphatic carbocycles. The van der Waals surface area contributed by atoms with Gasteiger partial charge in [0.15, 0.2) is 17.5 Å². The molecule has 0 bridgehead atoms. The van der Waals surface area contributed by atoms with Crippen molar-refractivity contribution in [1.82, 2.24) is 19.7 Å².